The number of hydrogen-bond donors (Lipinski definition) is 2. The first kappa shape index (κ1) is 29.0. The average Bonchev–Trinajstić information content (AvgIpc) is 3.43. The van der Waals surface area contributed by atoms with Gasteiger partial charge in [0.1, 0.15) is 11.6 Å². The predicted octanol–water partition coefficient (Wildman–Crippen LogP) is 4.62. The zero-order chi connectivity index (χ0) is 32.8. The minimum Gasteiger partial charge on any atom is -0.507 e. The molecule has 12 heteroatoms. The van der Waals surface area contributed by atoms with Crippen molar-refractivity contribution < 1.29 is 19.1 Å². The van der Waals surface area contributed by atoms with Crippen LogP contribution in [-0.2, 0) is 28.6 Å². The summed E-state index contributed by atoms with van der Waals surface area (Å²) in [6, 6.07) is 22.0. The Labute approximate surface area is 271 Å². The topological polar surface area (TPSA) is 119 Å². The molecule has 0 unspecified atom stereocenters. The number of carbonyl (C=O) groups excluding carboxylic acids is 2. The lowest BCUT2D eigenvalue weighted by Gasteiger charge is -2.49. The first-order valence-corrected chi connectivity index (χ1v) is 15.5. The maximum atomic E-state index is 15.2. The Kier molecular flexibility index (Phi) is 6.36. The van der Waals surface area contributed by atoms with Crippen LogP contribution < -0.4 is 16.8 Å². The fourth-order valence-electron chi connectivity index (χ4n) is 7.93. The number of carbonyl (C=O) groups is 2. The second kappa shape index (κ2) is 10.3. The van der Waals surface area contributed by atoms with Gasteiger partial charge < -0.3 is 5.11 Å². The first-order valence-electron chi connectivity index (χ1n) is 15.1. The Morgan fingerprint density at radius 1 is 0.894 bits per heavy atom. The van der Waals surface area contributed by atoms with Crippen LogP contribution in [0.4, 0.5) is 10.1 Å². The van der Waals surface area contributed by atoms with E-state index in [9.17, 15) is 23.9 Å². The Morgan fingerprint density at radius 3 is 2.32 bits per heavy atom. The monoisotopic (exact) mass is 651 g/mol. The van der Waals surface area contributed by atoms with E-state index in [1.165, 1.54) is 40.7 Å². The number of phenolic OH excluding ortho intramolecular Hbond substituents is 1. The maximum absolute atomic E-state index is 15.2. The highest BCUT2D eigenvalue weighted by Crippen LogP contribution is 2.62. The maximum Gasteiger partial charge on any atom is 0.347 e. The number of allylic oxidation sites excluding steroid dienone is 2. The highest BCUT2D eigenvalue weighted by molar-refractivity contribution is 6.30. The van der Waals surface area contributed by atoms with Gasteiger partial charge in [-0.3, -0.25) is 15.0 Å². The minimum absolute atomic E-state index is 0.0382. The van der Waals surface area contributed by atoms with Crippen molar-refractivity contribution in [3.63, 3.8) is 0 Å². The molecule has 10 nitrogen and oxygen atoms in total. The van der Waals surface area contributed by atoms with Crippen LogP contribution >= 0.6 is 11.6 Å². The fraction of sp³-hybridized carbons (Fsp3) is 0.200. The summed E-state index contributed by atoms with van der Waals surface area (Å²) >= 11 is 6.34. The smallest absolute Gasteiger partial charge is 0.347 e. The van der Waals surface area contributed by atoms with Crippen molar-refractivity contribution in [2.45, 2.75) is 30.3 Å². The van der Waals surface area contributed by atoms with Gasteiger partial charge in [0, 0.05) is 23.4 Å². The standard InChI is InChI=1S/C35H27ClFN5O5/c1-39-33(46)40-17-16-26-28(42(40)34(39)47)18-27-31(44)41(38-22-12-10-21(37)11-13-22)32(45)35(27,19-6-8-20(36)9-7-19)30(26)25-14-15-29(43)24-5-3-2-4-23(24)25/h2-16,27-28,30,38,43H,17-18H2,1H3/t27-,28+,30-,35+/m0/s1. The third kappa shape index (κ3) is 3.95. The first-order chi connectivity index (χ1) is 22.6. The Hall–Kier alpha value is -5.42. The van der Waals surface area contributed by atoms with Crippen LogP contribution in [0.5, 0.6) is 5.75 Å². The number of rotatable bonds is 4. The molecule has 1 saturated heterocycles. The van der Waals surface area contributed by atoms with Crippen LogP contribution in [0.1, 0.15) is 29.5 Å². The number of nitrogens with zero attached hydrogens (tertiary/aromatic N) is 4. The summed E-state index contributed by atoms with van der Waals surface area (Å²) in [7, 11) is 1.41. The van der Waals surface area contributed by atoms with Crippen LogP contribution in [0.3, 0.4) is 0 Å². The molecular weight excluding hydrogens is 625 g/mol. The van der Waals surface area contributed by atoms with Crippen molar-refractivity contribution in [2.75, 3.05) is 5.43 Å². The molecular formula is C35H27ClFN5O5. The molecule has 8 rings (SSSR count). The lowest BCUT2D eigenvalue weighted by atomic mass is 9.53. The van der Waals surface area contributed by atoms with Crippen LogP contribution in [0.2, 0.25) is 5.02 Å². The summed E-state index contributed by atoms with van der Waals surface area (Å²) in [5.41, 5.74) is 2.60. The van der Waals surface area contributed by atoms with E-state index in [0.717, 1.165) is 9.58 Å². The predicted molar refractivity (Wildman–Crippen MR) is 173 cm³/mol. The lowest BCUT2D eigenvalue weighted by molar-refractivity contribution is -0.138. The van der Waals surface area contributed by atoms with Crippen molar-refractivity contribution in [1.82, 2.24) is 18.9 Å². The lowest BCUT2D eigenvalue weighted by Crippen LogP contribution is -2.53. The van der Waals surface area contributed by atoms with E-state index in [4.69, 9.17) is 11.6 Å². The number of phenols is 1. The largest absolute Gasteiger partial charge is 0.507 e. The van der Waals surface area contributed by atoms with Gasteiger partial charge in [-0.15, -0.1) is 0 Å². The molecule has 1 saturated carbocycles. The number of hydrazine groups is 1. The number of aromatic nitrogens is 3. The molecule has 3 aliphatic rings. The van der Waals surface area contributed by atoms with Gasteiger partial charge in [0.05, 0.1) is 29.6 Å². The van der Waals surface area contributed by atoms with Gasteiger partial charge in [0.2, 0.25) is 0 Å². The second-order valence-corrected chi connectivity index (χ2v) is 12.6. The van der Waals surface area contributed by atoms with Crippen molar-refractivity contribution in [2.24, 2.45) is 13.0 Å². The van der Waals surface area contributed by atoms with E-state index in [2.05, 4.69) is 5.43 Å². The molecule has 0 spiro atoms. The molecule has 3 heterocycles. The fourth-order valence-corrected chi connectivity index (χ4v) is 8.05. The third-order valence-electron chi connectivity index (χ3n) is 9.96. The third-order valence-corrected chi connectivity index (χ3v) is 10.2. The number of nitrogens with one attached hydrogen (secondary N) is 1. The number of benzene rings is 4. The molecule has 4 atom stereocenters. The quantitative estimate of drug-likeness (QED) is 0.216. The molecule has 47 heavy (non-hydrogen) atoms. The highest BCUT2D eigenvalue weighted by Gasteiger charge is 2.69. The van der Waals surface area contributed by atoms with Crippen molar-refractivity contribution >= 4 is 39.9 Å². The zero-order valence-electron chi connectivity index (χ0n) is 24.9. The van der Waals surface area contributed by atoms with E-state index >= 15 is 4.79 Å². The highest BCUT2D eigenvalue weighted by atomic mass is 35.5. The van der Waals surface area contributed by atoms with E-state index in [1.54, 1.807) is 48.5 Å². The molecule has 4 aromatic carbocycles. The second-order valence-electron chi connectivity index (χ2n) is 12.2. The van der Waals surface area contributed by atoms with Gasteiger partial charge in [-0.2, -0.15) is 5.01 Å². The number of fused-ring (bicyclic) bond motifs is 5. The number of imide groups is 1. The summed E-state index contributed by atoms with van der Waals surface area (Å²) in [6.45, 7) is 0.0777. The Bertz CT molecular complexity index is 2290. The molecule has 1 aromatic heterocycles. The summed E-state index contributed by atoms with van der Waals surface area (Å²) in [5, 5.41) is 13.5. The van der Waals surface area contributed by atoms with Gasteiger partial charge in [0.15, 0.2) is 0 Å². The number of halogens is 2. The number of amides is 2. The normalized spacial score (nSPS) is 23.3. The van der Waals surface area contributed by atoms with E-state index in [1.807, 2.05) is 18.2 Å². The Morgan fingerprint density at radius 2 is 1.60 bits per heavy atom. The molecule has 0 radical (unpaired) electrons. The SMILES string of the molecule is Cn1c(=O)n2n(c1=O)[C@@H]1C[C@H]3C(=O)N(Nc4ccc(F)cc4)C(=O)[C@@]3(c3ccc(Cl)cc3)[C@@H](c3ccc(O)c4ccccc34)C1=CC2. The number of aromatic hydroxyl groups is 1. The van der Waals surface area contributed by atoms with Crippen molar-refractivity contribution in [1.29, 1.82) is 0 Å². The van der Waals surface area contributed by atoms with Crippen LogP contribution in [0, 0.1) is 11.7 Å². The summed E-state index contributed by atoms with van der Waals surface area (Å²) in [4.78, 5) is 56.5. The summed E-state index contributed by atoms with van der Waals surface area (Å²) in [5.74, 6) is -3.35. The number of anilines is 1. The van der Waals surface area contributed by atoms with Crippen LogP contribution in [0.15, 0.2) is 106 Å². The summed E-state index contributed by atoms with van der Waals surface area (Å²) < 4.78 is 17.6. The summed E-state index contributed by atoms with van der Waals surface area (Å²) in [6.07, 6.45) is 1.91. The molecule has 236 valence electrons. The van der Waals surface area contributed by atoms with Gasteiger partial charge >= 0.3 is 11.4 Å². The van der Waals surface area contributed by atoms with Crippen LogP contribution in [-0.4, -0.2) is 35.9 Å². The molecule has 0 bridgehead atoms. The zero-order valence-corrected chi connectivity index (χ0v) is 25.7. The molecule has 2 N–H and O–H groups in total. The Balaban J connectivity index is 1.44. The van der Waals surface area contributed by atoms with Crippen molar-refractivity contribution in [3.05, 3.63) is 140 Å². The molecule has 5 aromatic rings. The molecule has 2 amide bonds. The minimum atomic E-state index is -1.54. The van der Waals surface area contributed by atoms with Crippen molar-refractivity contribution in [3.8, 4) is 5.75 Å². The molecule has 2 fully saturated rings. The van der Waals surface area contributed by atoms with Gasteiger partial charge in [0.25, 0.3) is 11.8 Å². The number of hydrogen-bond acceptors (Lipinski definition) is 6. The van der Waals surface area contributed by atoms with E-state index in [0.29, 0.717) is 38.2 Å². The molecule has 2 aliphatic heterocycles. The van der Waals surface area contributed by atoms with Crippen LogP contribution in [0.25, 0.3) is 10.8 Å². The van der Waals surface area contributed by atoms with Gasteiger partial charge in [-0.05, 0) is 71.0 Å². The van der Waals surface area contributed by atoms with Gasteiger partial charge in [-0.25, -0.2) is 27.9 Å². The average molecular weight is 652 g/mol. The molecule has 1 aliphatic carbocycles. The van der Waals surface area contributed by atoms with E-state index < -0.39 is 52.3 Å². The van der Waals surface area contributed by atoms with E-state index in [-0.39, 0.29) is 18.7 Å². The van der Waals surface area contributed by atoms with Gasteiger partial charge in [-0.1, -0.05) is 60.1 Å².